The zero-order valence-electron chi connectivity index (χ0n) is 20.5. The SMILES string of the molecule is COc1cc(F)cc(-c2ccc(CN3C=CC4SC=C(C(=O)N[C@H]5CC6(C5)C[C@H](C(=O)O)C6)C43)cc2)c1. The summed E-state index contributed by atoms with van der Waals surface area (Å²) in [6.07, 6.45) is 7.46. The van der Waals surface area contributed by atoms with Crippen molar-refractivity contribution in [3.63, 3.8) is 0 Å². The van der Waals surface area contributed by atoms with Crippen molar-refractivity contribution < 1.29 is 23.8 Å². The average molecular weight is 521 g/mol. The van der Waals surface area contributed by atoms with Crippen LogP contribution in [0.4, 0.5) is 4.39 Å². The number of carbonyl (C=O) groups is 2. The van der Waals surface area contributed by atoms with Crippen LogP contribution in [0.1, 0.15) is 31.2 Å². The molecule has 2 aliphatic heterocycles. The molecule has 2 atom stereocenters. The molecule has 0 aromatic heterocycles. The van der Waals surface area contributed by atoms with E-state index in [1.54, 1.807) is 11.8 Å². The summed E-state index contributed by atoms with van der Waals surface area (Å²) in [5.41, 5.74) is 3.70. The van der Waals surface area contributed by atoms with E-state index in [9.17, 15) is 14.0 Å². The molecule has 6 nitrogen and oxygen atoms in total. The van der Waals surface area contributed by atoms with Gasteiger partial charge < -0.3 is 20.1 Å². The Balaban J connectivity index is 1.07. The molecule has 0 bridgehead atoms. The number of halogens is 1. The molecule has 4 aliphatic rings. The highest BCUT2D eigenvalue weighted by Crippen LogP contribution is 2.58. The minimum Gasteiger partial charge on any atom is -0.497 e. The molecule has 1 amide bonds. The number of benzene rings is 2. The van der Waals surface area contributed by atoms with Crippen LogP contribution in [0, 0.1) is 17.2 Å². The van der Waals surface area contributed by atoms with Crippen LogP contribution >= 0.6 is 11.8 Å². The topological polar surface area (TPSA) is 78.9 Å². The van der Waals surface area contributed by atoms with Crippen molar-refractivity contribution in [2.45, 2.75) is 49.6 Å². The number of aliphatic carboxylic acids is 1. The summed E-state index contributed by atoms with van der Waals surface area (Å²) in [4.78, 5) is 26.5. The van der Waals surface area contributed by atoms with Crippen LogP contribution in [-0.4, -0.2) is 46.3 Å². The number of hydrogen-bond donors (Lipinski definition) is 2. The van der Waals surface area contributed by atoms with Crippen molar-refractivity contribution >= 4 is 23.6 Å². The molecule has 2 saturated carbocycles. The minimum absolute atomic E-state index is 0.00807. The number of carboxylic acid groups (broad SMARTS) is 1. The quantitative estimate of drug-likeness (QED) is 0.538. The first kappa shape index (κ1) is 24.1. The Morgan fingerprint density at radius 1 is 1.14 bits per heavy atom. The second-order valence-electron chi connectivity index (χ2n) is 10.7. The number of ether oxygens (including phenoxy) is 1. The third-order valence-corrected chi connectivity index (χ3v) is 9.35. The van der Waals surface area contributed by atoms with Gasteiger partial charge >= 0.3 is 5.97 Å². The van der Waals surface area contributed by atoms with Crippen LogP contribution in [0.5, 0.6) is 5.75 Å². The molecular weight excluding hydrogens is 491 g/mol. The van der Waals surface area contributed by atoms with Gasteiger partial charge in [0.2, 0.25) is 5.91 Å². The summed E-state index contributed by atoms with van der Waals surface area (Å²) < 4.78 is 19.1. The molecule has 0 saturated heterocycles. The average Bonchev–Trinajstić information content (AvgIpc) is 3.42. The highest BCUT2D eigenvalue weighted by molar-refractivity contribution is 8.03. The number of nitrogens with one attached hydrogen (secondary N) is 1. The third kappa shape index (κ3) is 4.52. The molecule has 2 aromatic carbocycles. The van der Waals surface area contributed by atoms with Crippen molar-refractivity contribution in [1.29, 1.82) is 0 Å². The van der Waals surface area contributed by atoms with E-state index in [1.807, 2.05) is 35.7 Å². The fraction of sp³-hybridized carbons (Fsp3) is 0.379. The Kier molecular flexibility index (Phi) is 6.02. The molecule has 8 heteroatoms. The zero-order valence-corrected chi connectivity index (χ0v) is 21.3. The summed E-state index contributed by atoms with van der Waals surface area (Å²) >= 11 is 1.68. The van der Waals surface area contributed by atoms with Gasteiger partial charge in [-0.3, -0.25) is 9.59 Å². The van der Waals surface area contributed by atoms with Crippen molar-refractivity contribution in [2.24, 2.45) is 11.3 Å². The molecule has 0 radical (unpaired) electrons. The predicted octanol–water partition coefficient (Wildman–Crippen LogP) is 4.96. The number of amides is 1. The van der Waals surface area contributed by atoms with E-state index in [0.29, 0.717) is 12.3 Å². The maximum atomic E-state index is 13.9. The molecule has 2 aliphatic carbocycles. The molecule has 2 heterocycles. The minimum atomic E-state index is -0.699. The molecule has 37 heavy (non-hydrogen) atoms. The first-order valence-electron chi connectivity index (χ1n) is 12.6. The van der Waals surface area contributed by atoms with E-state index in [4.69, 9.17) is 9.84 Å². The van der Waals surface area contributed by atoms with Crippen molar-refractivity contribution in [1.82, 2.24) is 10.2 Å². The van der Waals surface area contributed by atoms with Crippen LogP contribution in [0.3, 0.4) is 0 Å². The normalized spacial score (nSPS) is 29.4. The lowest BCUT2D eigenvalue weighted by molar-refractivity contribution is -0.156. The fourth-order valence-electron chi connectivity index (χ4n) is 6.33. The first-order chi connectivity index (χ1) is 17.8. The summed E-state index contributed by atoms with van der Waals surface area (Å²) in [6, 6.07) is 12.8. The third-order valence-electron chi connectivity index (χ3n) is 8.23. The number of rotatable bonds is 7. The Hall–Kier alpha value is -3.26. The van der Waals surface area contributed by atoms with Gasteiger partial charge in [0.1, 0.15) is 11.6 Å². The van der Waals surface area contributed by atoms with Crippen molar-refractivity contribution in [3.05, 3.63) is 77.1 Å². The smallest absolute Gasteiger partial charge is 0.306 e. The molecule has 2 fully saturated rings. The van der Waals surface area contributed by atoms with Gasteiger partial charge in [-0.05, 0) is 71.5 Å². The van der Waals surface area contributed by atoms with Crippen molar-refractivity contribution in [3.8, 4) is 16.9 Å². The van der Waals surface area contributed by atoms with Crippen LogP contribution < -0.4 is 10.1 Å². The van der Waals surface area contributed by atoms with Gasteiger partial charge in [0.25, 0.3) is 0 Å². The largest absolute Gasteiger partial charge is 0.497 e. The highest BCUT2D eigenvalue weighted by Gasteiger charge is 2.55. The van der Waals surface area contributed by atoms with Gasteiger partial charge in [-0.25, -0.2) is 4.39 Å². The zero-order chi connectivity index (χ0) is 25.7. The van der Waals surface area contributed by atoms with E-state index in [0.717, 1.165) is 47.9 Å². The summed E-state index contributed by atoms with van der Waals surface area (Å²) in [5.74, 6) is -0.779. The molecule has 2 aromatic rings. The maximum absolute atomic E-state index is 13.9. The van der Waals surface area contributed by atoms with E-state index in [-0.39, 0.29) is 40.4 Å². The maximum Gasteiger partial charge on any atom is 0.306 e. The first-order valence-corrected chi connectivity index (χ1v) is 13.5. The highest BCUT2D eigenvalue weighted by atomic mass is 32.2. The number of carbonyl (C=O) groups excluding carboxylic acids is 1. The lowest BCUT2D eigenvalue weighted by Gasteiger charge is -2.56. The van der Waals surface area contributed by atoms with Gasteiger partial charge in [-0.1, -0.05) is 30.3 Å². The van der Waals surface area contributed by atoms with E-state index < -0.39 is 5.97 Å². The monoisotopic (exact) mass is 520 g/mol. The van der Waals surface area contributed by atoms with Crippen molar-refractivity contribution in [2.75, 3.05) is 7.11 Å². The summed E-state index contributed by atoms with van der Waals surface area (Å²) in [7, 11) is 1.52. The van der Waals surface area contributed by atoms with Crippen LogP contribution in [0.15, 0.2) is 65.7 Å². The molecule has 2 N–H and O–H groups in total. The van der Waals surface area contributed by atoms with Gasteiger partial charge in [0.15, 0.2) is 0 Å². The fourth-order valence-corrected chi connectivity index (χ4v) is 7.49. The lowest BCUT2D eigenvalue weighted by Crippen LogP contribution is -2.58. The number of hydrogen-bond acceptors (Lipinski definition) is 5. The van der Waals surface area contributed by atoms with Crippen LogP contribution in [-0.2, 0) is 16.1 Å². The Morgan fingerprint density at radius 2 is 1.89 bits per heavy atom. The Labute approximate surface area is 219 Å². The standard InChI is InChI=1S/C29H29FN2O4S/c1-36-23-9-19(8-21(30)10-23)18-4-2-17(3-5-18)15-32-7-6-25-26(32)24(16-37-25)27(33)31-22-13-29(14-22)11-20(12-29)28(34)35/h2-10,16,20,22,25-26H,11-15H2,1H3,(H,31,33)(H,34,35)/t20-,22-,25?,26?,29?. The summed E-state index contributed by atoms with van der Waals surface area (Å²) in [5, 5.41) is 14.5. The van der Waals surface area contributed by atoms with E-state index in [2.05, 4.69) is 22.5 Å². The summed E-state index contributed by atoms with van der Waals surface area (Å²) in [6.45, 7) is 0.665. The molecule has 6 rings (SSSR count). The van der Waals surface area contributed by atoms with Gasteiger partial charge in [0, 0.05) is 24.2 Å². The number of fused-ring (bicyclic) bond motifs is 1. The number of methoxy groups -OCH3 is 1. The number of nitrogens with zero attached hydrogens (tertiary/aromatic N) is 1. The predicted molar refractivity (Wildman–Crippen MR) is 140 cm³/mol. The van der Waals surface area contributed by atoms with Gasteiger partial charge in [-0.2, -0.15) is 0 Å². The second kappa shape index (κ2) is 9.24. The Bertz CT molecular complexity index is 1290. The van der Waals surface area contributed by atoms with Crippen LogP contribution in [0.25, 0.3) is 11.1 Å². The molecule has 192 valence electrons. The second-order valence-corrected chi connectivity index (χ2v) is 11.8. The van der Waals surface area contributed by atoms with Gasteiger partial charge in [0.05, 0.1) is 24.3 Å². The van der Waals surface area contributed by atoms with Crippen LogP contribution in [0.2, 0.25) is 0 Å². The molecular formula is C29H29FN2O4S. The Morgan fingerprint density at radius 3 is 2.59 bits per heavy atom. The van der Waals surface area contributed by atoms with E-state index in [1.165, 1.54) is 19.2 Å². The molecule has 1 spiro atoms. The number of carboxylic acids is 1. The van der Waals surface area contributed by atoms with E-state index >= 15 is 0 Å². The lowest BCUT2D eigenvalue weighted by atomic mass is 9.50. The molecule has 2 unspecified atom stereocenters. The number of thioether (sulfide) groups is 1. The van der Waals surface area contributed by atoms with Gasteiger partial charge in [-0.15, -0.1) is 11.8 Å².